The van der Waals surface area contributed by atoms with E-state index in [0.717, 1.165) is 5.69 Å². The van der Waals surface area contributed by atoms with Crippen LogP contribution in [0.25, 0.3) is 0 Å². The van der Waals surface area contributed by atoms with Crippen molar-refractivity contribution in [3.63, 3.8) is 0 Å². The highest BCUT2D eigenvalue weighted by Gasteiger charge is 2.07. The van der Waals surface area contributed by atoms with Crippen molar-refractivity contribution in [2.24, 2.45) is 0 Å². The Bertz CT molecular complexity index is 461. The molecule has 1 unspecified atom stereocenters. The Hall–Kier alpha value is -1.84. The lowest BCUT2D eigenvalue weighted by Gasteiger charge is -2.13. The van der Waals surface area contributed by atoms with Crippen LogP contribution in [0.2, 0.25) is 0 Å². The van der Waals surface area contributed by atoms with E-state index >= 15 is 0 Å². The summed E-state index contributed by atoms with van der Waals surface area (Å²) < 4.78 is 1.94. The Labute approximate surface area is 102 Å². The van der Waals surface area contributed by atoms with Crippen LogP contribution in [0.3, 0.4) is 0 Å². The second-order valence-corrected chi connectivity index (χ2v) is 4.46. The fourth-order valence-corrected chi connectivity index (χ4v) is 1.66. The molecule has 2 aromatic rings. The molecule has 0 aromatic carbocycles. The molecule has 1 N–H and O–H groups in total. The minimum atomic E-state index is 0.230. The third-order valence-corrected chi connectivity index (χ3v) is 2.70. The smallest absolute Gasteiger partial charge is 0.0731 e. The second kappa shape index (κ2) is 4.99. The van der Waals surface area contributed by atoms with E-state index in [1.54, 1.807) is 6.20 Å². The van der Waals surface area contributed by atoms with E-state index < -0.39 is 0 Å². The van der Waals surface area contributed by atoms with Crippen molar-refractivity contribution in [2.45, 2.75) is 32.9 Å². The maximum Gasteiger partial charge on any atom is 0.0731 e. The van der Waals surface area contributed by atoms with Crippen LogP contribution in [-0.4, -0.2) is 14.8 Å². The van der Waals surface area contributed by atoms with Gasteiger partial charge in [-0.15, -0.1) is 0 Å². The third kappa shape index (κ3) is 2.84. The number of aromatic nitrogens is 3. The van der Waals surface area contributed by atoms with Crippen molar-refractivity contribution in [1.82, 2.24) is 14.8 Å². The largest absolute Gasteiger partial charge is 0.376 e. The minimum absolute atomic E-state index is 0.230. The minimum Gasteiger partial charge on any atom is -0.376 e. The fraction of sp³-hybridized carbons (Fsp3) is 0.385. The molecule has 0 amide bonds. The van der Waals surface area contributed by atoms with Gasteiger partial charge in [-0.2, -0.15) is 5.10 Å². The third-order valence-electron chi connectivity index (χ3n) is 2.70. The number of nitrogens with zero attached hydrogens (tertiary/aromatic N) is 3. The zero-order valence-electron chi connectivity index (χ0n) is 10.5. The van der Waals surface area contributed by atoms with Crippen LogP contribution in [0.5, 0.6) is 0 Å². The van der Waals surface area contributed by atoms with E-state index in [9.17, 15) is 0 Å². The monoisotopic (exact) mass is 230 g/mol. The lowest BCUT2D eigenvalue weighted by Crippen LogP contribution is -2.06. The van der Waals surface area contributed by atoms with Gasteiger partial charge < -0.3 is 5.32 Å². The predicted octanol–water partition coefficient (Wildman–Crippen LogP) is 3.03. The molecule has 90 valence electrons. The summed E-state index contributed by atoms with van der Waals surface area (Å²) in [5, 5.41) is 7.71. The Kier molecular flexibility index (Phi) is 3.42. The van der Waals surface area contributed by atoms with Gasteiger partial charge in [0.1, 0.15) is 0 Å². The molecule has 0 aliphatic heterocycles. The molecule has 2 heterocycles. The van der Waals surface area contributed by atoms with Crippen molar-refractivity contribution >= 4 is 5.69 Å². The summed E-state index contributed by atoms with van der Waals surface area (Å²) >= 11 is 0. The molecule has 0 aliphatic carbocycles. The van der Waals surface area contributed by atoms with E-state index in [4.69, 9.17) is 0 Å². The number of hydrogen-bond acceptors (Lipinski definition) is 3. The Morgan fingerprint density at radius 3 is 2.65 bits per heavy atom. The van der Waals surface area contributed by atoms with Gasteiger partial charge in [0, 0.05) is 24.6 Å². The molecule has 17 heavy (non-hydrogen) atoms. The van der Waals surface area contributed by atoms with Crippen molar-refractivity contribution in [2.75, 3.05) is 5.32 Å². The van der Waals surface area contributed by atoms with Gasteiger partial charge in [-0.1, -0.05) is 6.07 Å². The lowest BCUT2D eigenvalue weighted by molar-refractivity contribution is 0.532. The quantitative estimate of drug-likeness (QED) is 0.877. The van der Waals surface area contributed by atoms with Gasteiger partial charge in [0.05, 0.1) is 17.9 Å². The average molecular weight is 230 g/mol. The SMILES string of the molecule is CC(Nc1cnn(C(C)C)c1)c1cccnc1. The molecule has 0 saturated carbocycles. The topological polar surface area (TPSA) is 42.7 Å². The summed E-state index contributed by atoms with van der Waals surface area (Å²) in [5.41, 5.74) is 2.21. The maximum atomic E-state index is 4.30. The molecule has 0 radical (unpaired) electrons. The van der Waals surface area contributed by atoms with Crippen LogP contribution in [0.15, 0.2) is 36.9 Å². The van der Waals surface area contributed by atoms with Crippen molar-refractivity contribution < 1.29 is 0 Å². The van der Waals surface area contributed by atoms with E-state index in [2.05, 4.69) is 42.2 Å². The molecule has 0 spiro atoms. The fourth-order valence-electron chi connectivity index (χ4n) is 1.66. The van der Waals surface area contributed by atoms with Crippen molar-refractivity contribution in [3.8, 4) is 0 Å². The molecule has 2 aromatic heterocycles. The normalized spacial score (nSPS) is 12.7. The molecular weight excluding hydrogens is 212 g/mol. The van der Waals surface area contributed by atoms with Gasteiger partial charge in [0.2, 0.25) is 0 Å². The zero-order chi connectivity index (χ0) is 12.3. The zero-order valence-corrected chi connectivity index (χ0v) is 10.5. The average Bonchev–Trinajstić information content (AvgIpc) is 2.79. The first-order valence-electron chi connectivity index (χ1n) is 5.87. The molecule has 4 nitrogen and oxygen atoms in total. The number of anilines is 1. The summed E-state index contributed by atoms with van der Waals surface area (Å²) in [6, 6.07) is 4.63. The number of pyridine rings is 1. The molecule has 0 fully saturated rings. The van der Waals surface area contributed by atoms with Gasteiger partial charge in [0.15, 0.2) is 0 Å². The highest BCUT2D eigenvalue weighted by atomic mass is 15.3. The molecule has 0 saturated heterocycles. The van der Waals surface area contributed by atoms with Crippen molar-refractivity contribution in [3.05, 3.63) is 42.5 Å². The van der Waals surface area contributed by atoms with Crippen LogP contribution >= 0.6 is 0 Å². The van der Waals surface area contributed by atoms with Crippen LogP contribution in [0.1, 0.15) is 38.4 Å². The molecule has 0 aliphatic rings. The first-order chi connectivity index (χ1) is 8.16. The molecule has 1 atom stereocenters. The highest BCUT2D eigenvalue weighted by Crippen LogP contribution is 2.18. The standard InChI is InChI=1S/C13H18N4/c1-10(2)17-9-13(8-15-17)16-11(3)12-5-4-6-14-7-12/h4-11,16H,1-3H3. The van der Waals surface area contributed by atoms with Crippen LogP contribution in [0, 0.1) is 0 Å². The van der Waals surface area contributed by atoms with Gasteiger partial charge in [-0.25, -0.2) is 0 Å². The molecular formula is C13H18N4. The van der Waals surface area contributed by atoms with E-state index in [-0.39, 0.29) is 6.04 Å². The summed E-state index contributed by atoms with van der Waals surface area (Å²) in [6.45, 7) is 6.34. The number of nitrogens with one attached hydrogen (secondary N) is 1. The Balaban J connectivity index is 2.05. The van der Waals surface area contributed by atoms with E-state index in [1.165, 1.54) is 5.56 Å². The lowest BCUT2D eigenvalue weighted by atomic mass is 10.1. The first kappa shape index (κ1) is 11.6. The Morgan fingerprint density at radius 1 is 1.24 bits per heavy atom. The molecule has 0 bridgehead atoms. The van der Waals surface area contributed by atoms with E-state index in [1.807, 2.05) is 29.3 Å². The first-order valence-corrected chi connectivity index (χ1v) is 5.87. The van der Waals surface area contributed by atoms with E-state index in [0.29, 0.717) is 6.04 Å². The Morgan fingerprint density at radius 2 is 2.06 bits per heavy atom. The van der Waals surface area contributed by atoms with Gasteiger partial charge in [-0.05, 0) is 32.4 Å². The summed E-state index contributed by atoms with van der Waals surface area (Å²) in [7, 11) is 0. The predicted molar refractivity (Wildman–Crippen MR) is 68.9 cm³/mol. The molecule has 4 heteroatoms. The number of rotatable bonds is 4. The van der Waals surface area contributed by atoms with Gasteiger partial charge >= 0.3 is 0 Å². The van der Waals surface area contributed by atoms with Gasteiger partial charge in [-0.3, -0.25) is 9.67 Å². The second-order valence-electron chi connectivity index (χ2n) is 4.46. The number of hydrogen-bond donors (Lipinski definition) is 1. The summed E-state index contributed by atoms with van der Waals surface area (Å²) in [6.07, 6.45) is 7.54. The molecule has 2 rings (SSSR count). The highest BCUT2D eigenvalue weighted by molar-refractivity contribution is 5.41. The summed E-state index contributed by atoms with van der Waals surface area (Å²) in [4.78, 5) is 4.12. The van der Waals surface area contributed by atoms with Crippen LogP contribution in [0.4, 0.5) is 5.69 Å². The maximum absolute atomic E-state index is 4.30. The van der Waals surface area contributed by atoms with Crippen molar-refractivity contribution in [1.29, 1.82) is 0 Å². The van der Waals surface area contributed by atoms with Gasteiger partial charge in [0.25, 0.3) is 0 Å². The van der Waals surface area contributed by atoms with Crippen LogP contribution in [-0.2, 0) is 0 Å². The van der Waals surface area contributed by atoms with Crippen LogP contribution < -0.4 is 5.32 Å². The summed E-state index contributed by atoms with van der Waals surface area (Å²) in [5.74, 6) is 0.